The Morgan fingerprint density at radius 3 is 2.94 bits per heavy atom. The molecule has 1 fully saturated rings. The van der Waals surface area contributed by atoms with E-state index in [0.29, 0.717) is 0 Å². The van der Waals surface area contributed by atoms with Crippen molar-refractivity contribution >= 4 is 5.97 Å². The molecule has 1 rings (SSSR count). The molecule has 0 aliphatic carbocycles. The standard InChI is InChI=1S/C14H26N2O2/c1-4-13(14(17)18-3)7-8-15-10-12-6-5-9-16(2)11-12/h7,12,15H,4-6,8-11H2,1-3H3. The van der Waals surface area contributed by atoms with E-state index in [9.17, 15) is 4.79 Å². The number of piperidine rings is 1. The van der Waals surface area contributed by atoms with Crippen molar-refractivity contribution in [3.63, 3.8) is 0 Å². The lowest BCUT2D eigenvalue weighted by atomic mass is 9.98. The number of methoxy groups -OCH3 is 1. The molecule has 0 bridgehead atoms. The number of nitrogens with zero attached hydrogens (tertiary/aromatic N) is 1. The zero-order valence-corrected chi connectivity index (χ0v) is 11.9. The Labute approximate surface area is 110 Å². The third-order valence-electron chi connectivity index (χ3n) is 3.48. The summed E-state index contributed by atoms with van der Waals surface area (Å²) in [6.07, 6.45) is 5.26. The quantitative estimate of drug-likeness (QED) is 0.442. The lowest BCUT2D eigenvalue weighted by Crippen LogP contribution is -2.37. The number of likely N-dealkylation sites (tertiary alicyclic amines) is 1. The molecule has 0 spiro atoms. The fourth-order valence-corrected chi connectivity index (χ4v) is 2.43. The molecule has 4 nitrogen and oxygen atoms in total. The summed E-state index contributed by atoms with van der Waals surface area (Å²) in [5.74, 6) is 0.525. The average molecular weight is 254 g/mol. The summed E-state index contributed by atoms with van der Waals surface area (Å²) in [5.41, 5.74) is 0.755. The van der Waals surface area contributed by atoms with Crippen molar-refractivity contribution < 1.29 is 9.53 Å². The Balaban J connectivity index is 2.24. The van der Waals surface area contributed by atoms with E-state index in [1.165, 1.54) is 33.0 Å². The molecular weight excluding hydrogens is 228 g/mol. The van der Waals surface area contributed by atoms with Gasteiger partial charge in [-0.2, -0.15) is 0 Å². The monoisotopic (exact) mass is 254 g/mol. The molecule has 104 valence electrons. The van der Waals surface area contributed by atoms with Crippen LogP contribution in [0.3, 0.4) is 0 Å². The number of ether oxygens (including phenoxy) is 1. The van der Waals surface area contributed by atoms with Gasteiger partial charge in [0.1, 0.15) is 0 Å². The van der Waals surface area contributed by atoms with Crippen molar-refractivity contribution in [1.29, 1.82) is 0 Å². The van der Waals surface area contributed by atoms with Crippen LogP contribution in [0.2, 0.25) is 0 Å². The molecule has 0 saturated carbocycles. The van der Waals surface area contributed by atoms with Gasteiger partial charge in [0.05, 0.1) is 7.11 Å². The molecule has 0 aromatic rings. The first-order valence-electron chi connectivity index (χ1n) is 6.84. The van der Waals surface area contributed by atoms with Crippen molar-refractivity contribution in [3.05, 3.63) is 11.6 Å². The summed E-state index contributed by atoms with van der Waals surface area (Å²) in [4.78, 5) is 13.7. The minimum atomic E-state index is -0.211. The summed E-state index contributed by atoms with van der Waals surface area (Å²) in [5, 5.41) is 3.41. The van der Waals surface area contributed by atoms with Gasteiger partial charge in [0, 0.05) is 18.7 Å². The predicted octanol–water partition coefficient (Wildman–Crippen LogP) is 1.43. The summed E-state index contributed by atoms with van der Waals surface area (Å²) >= 11 is 0. The highest BCUT2D eigenvalue weighted by molar-refractivity contribution is 5.88. The maximum absolute atomic E-state index is 11.4. The van der Waals surface area contributed by atoms with Crippen LogP contribution < -0.4 is 5.32 Å². The Hall–Kier alpha value is -0.870. The van der Waals surface area contributed by atoms with Crippen molar-refractivity contribution in [2.24, 2.45) is 5.92 Å². The normalized spacial score (nSPS) is 21.9. The number of carbonyl (C=O) groups is 1. The summed E-state index contributed by atoms with van der Waals surface area (Å²) in [6, 6.07) is 0. The maximum Gasteiger partial charge on any atom is 0.333 e. The highest BCUT2D eigenvalue weighted by atomic mass is 16.5. The van der Waals surface area contributed by atoms with Gasteiger partial charge in [0.15, 0.2) is 0 Å². The van der Waals surface area contributed by atoms with Gasteiger partial charge < -0.3 is 15.0 Å². The van der Waals surface area contributed by atoms with Crippen LogP contribution in [-0.2, 0) is 9.53 Å². The van der Waals surface area contributed by atoms with Crippen LogP contribution in [0.1, 0.15) is 26.2 Å². The minimum Gasteiger partial charge on any atom is -0.466 e. The van der Waals surface area contributed by atoms with Crippen molar-refractivity contribution in [3.8, 4) is 0 Å². The molecule has 1 atom stereocenters. The van der Waals surface area contributed by atoms with Crippen molar-refractivity contribution in [2.45, 2.75) is 26.2 Å². The van der Waals surface area contributed by atoms with Crippen molar-refractivity contribution in [2.75, 3.05) is 40.3 Å². The van der Waals surface area contributed by atoms with Crippen LogP contribution in [0, 0.1) is 5.92 Å². The molecule has 0 aromatic heterocycles. The zero-order chi connectivity index (χ0) is 13.4. The molecule has 1 saturated heterocycles. The lowest BCUT2D eigenvalue weighted by Gasteiger charge is -2.29. The molecule has 0 radical (unpaired) electrons. The highest BCUT2D eigenvalue weighted by Gasteiger charge is 2.16. The number of hydrogen-bond acceptors (Lipinski definition) is 4. The van der Waals surface area contributed by atoms with Gasteiger partial charge in [-0.05, 0) is 45.3 Å². The smallest absolute Gasteiger partial charge is 0.333 e. The molecule has 1 heterocycles. The molecule has 1 aliphatic rings. The summed E-state index contributed by atoms with van der Waals surface area (Å²) in [7, 11) is 3.61. The SMILES string of the molecule is CCC(=CCNCC1CCCN(C)C1)C(=O)OC. The fraction of sp³-hybridized carbons (Fsp3) is 0.786. The predicted molar refractivity (Wildman–Crippen MR) is 73.5 cm³/mol. The summed E-state index contributed by atoms with van der Waals surface area (Å²) < 4.78 is 4.72. The van der Waals surface area contributed by atoms with Gasteiger partial charge in [-0.15, -0.1) is 0 Å². The van der Waals surface area contributed by atoms with E-state index in [0.717, 1.165) is 31.0 Å². The van der Waals surface area contributed by atoms with Crippen LogP contribution in [0.15, 0.2) is 11.6 Å². The molecule has 4 heteroatoms. The Morgan fingerprint density at radius 2 is 2.33 bits per heavy atom. The fourth-order valence-electron chi connectivity index (χ4n) is 2.43. The second-order valence-corrected chi connectivity index (χ2v) is 5.00. The lowest BCUT2D eigenvalue weighted by molar-refractivity contribution is -0.136. The average Bonchev–Trinajstić information content (AvgIpc) is 2.38. The third kappa shape index (κ3) is 5.19. The molecular formula is C14H26N2O2. The molecule has 0 aromatic carbocycles. The number of rotatable bonds is 6. The van der Waals surface area contributed by atoms with Gasteiger partial charge in [-0.1, -0.05) is 13.0 Å². The van der Waals surface area contributed by atoms with Gasteiger partial charge in [-0.3, -0.25) is 0 Å². The first kappa shape index (κ1) is 15.2. The van der Waals surface area contributed by atoms with Gasteiger partial charge >= 0.3 is 5.97 Å². The third-order valence-corrected chi connectivity index (χ3v) is 3.48. The van der Waals surface area contributed by atoms with Crippen LogP contribution in [0.5, 0.6) is 0 Å². The van der Waals surface area contributed by atoms with E-state index in [1.54, 1.807) is 0 Å². The van der Waals surface area contributed by atoms with E-state index in [4.69, 9.17) is 4.74 Å². The number of nitrogens with one attached hydrogen (secondary N) is 1. The second kappa shape index (κ2) is 8.27. The van der Waals surface area contributed by atoms with Crippen LogP contribution >= 0.6 is 0 Å². The van der Waals surface area contributed by atoms with E-state index in [2.05, 4.69) is 17.3 Å². The van der Waals surface area contributed by atoms with Crippen LogP contribution in [-0.4, -0.2) is 51.2 Å². The molecule has 1 aliphatic heterocycles. The van der Waals surface area contributed by atoms with Gasteiger partial charge in [-0.25, -0.2) is 4.79 Å². The van der Waals surface area contributed by atoms with Crippen molar-refractivity contribution in [1.82, 2.24) is 10.2 Å². The number of carbonyl (C=O) groups excluding carboxylic acids is 1. The molecule has 0 amide bonds. The Bertz CT molecular complexity index is 290. The Kier molecular flexibility index (Phi) is 6.98. The number of hydrogen-bond donors (Lipinski definition) is 1. The van der Waals surface area contributed by atoms with E-state index >= 15 is 0 Å². The van der Waals surface area contributed by atoms with Gasteiger partial charge in [0.2, 0.25) is 0 Å². The summed E-state index contributed by atoms with van der Waals surface area (Å²) in [6.45, 7) is 6.14. The zero-order valence-electron chi connectivity index (χ0n) is 11.9. The minimum absolute atomic E-state index is 0.211. The number of esters is 1. The topological polar surface area (TPSA) is 41.6 Å². The van der Waals surface area contributed by atoms with Crippen LogP contribution in [0.25, 0.3) is 0 Å². The Morgan fingerprint density at radius 1 is 1.56 bits per heavy atom. The van der Waals surface area contributed by atoms with Crippen LogP contribution in [0.4, 0.5) is 0 Å². The molecule has 1 N–H and O–H groups in total. The molecule has 18 heavy (non-hydrogen) atoms. The second-order valence-electron chi connectivity index (χ2n) is 5.00. The van der Waals surface area contributed by atoms with E-state index in [1.807, 2.05) is 13.0 Å². The van der Waals surface area contributed by atoms with Gasteiger partial charge in [0.25, 0.3) is 0 Å². The maximum atomic E-state index is 11.4. The van der Waals surface area contributed by atoms with E-state index in [-0.39, 0.29) is 5.97 Å². The first-order valence-corrected chi connectivity index (χ1v) is 6.84. The first-order chi connectivity index (χ1) is 8.67. The largest absolute Gasteiger partial charge is 0.466 e. The van der Waals surface area contributed by atoms with E-state index < -0.39 is 0 Å². The highest BCUT2D eigenvalue weighted by Crippen LogP contribution is 2.13. The molecule has 1 unspecified atom stereocenters.